The summed E-state index contributed by atoms with van der Waals surface area (Å²) in [6.07, 6.45) is 3.39. The van der Waals surface area contributed by atoms with Crippen LogP contribution in [0.5, 0.6) is 0 Å². The third kappa shape index (κ3) is 4.56. The Kier molecular flexibility index (Phi) is 6.44. The van der Waals surface area contributed by atoms with Gasteiger partial charge in [-0.15, -0.1) is 0 Å². The van der Waals surface area contributed by atoms with E-state index in [4.69, 9.17) is 0 Å². The van der Waals surface area contributed by atoms with E-state index in [0.717, 1.165) is 27.6 Å². The van der Waals surface area contributed by atoms with E-state index in [-0.39, 0.29) is 6.10 Å². The molecule has 1 heterocycles. The zero-order valence-electron chi connectivity index (χ0n) is 10.1. The predicted molar refractivity (Wildman–Crippen MR) is 78.2 cm³/mol. The highest BCUT2D eigenvalue weighted by molar-refractivity contribution is 9.11. The highest BCUT2D eigenvalue weighted by Crippen LogP contribution is 2.23. The van der Waals surface area contributed by atoms with Gasteiger partial charge in [-0.3, -0.25) is 0 Å². The lowest BCUT2D eigenvalue weighted by Gasteiger charge is -2.20. The SMILES string of the molecule is CCC(CC)C(O)CNc1ncc(Br)cc1Br. The second kappa shape index (κ2) is 7.34. The molecule has 0 fully saturated rings. The molecule has 0 amide bonds. The normalized spacial score (nSPS) is 12.8. The van der Waals surface area contributed by atoms with Crippen LogP contribution in [0.3, 0.4) is 0 Å². The maximum Gasteiger partial charge on any atom is 0.140 e. The molecule has 0 aromatic carbocycles. The number of nitrogens with zero attached hydrogens (tertiary/aromatic N) is 1. The number of aliphatic hydroxyl groups excluding tert-OH is 1. The number of aromatic nitrogens is 1. The quantitative estimate of drug-likeness (QED) is 0.805. The summed E-state index contributed by atoms with van der Waals surface area (Å²) in [7, 11) is 0. The Hall–Kier alpha value is -0.130. The minimum Gasteiger partial charge on any atom is -0.391 e. The van der Waals surface area contributed by atoms with Crippen LogP contribution in [-0.2, 0) is 0 Å². The molecule has 0 aliphatic carbocycles. The fraction of sp³-hybridized carbons (Fsp3) is 0.583. The van der Waals surface area contributed by atoms with Gasteiger partial charge in [0.05, 0.1) is 10.6 Å². The van der Waals surface area contributed by atoms with Gasteiger partial charge in [-0.25, -0.2) is 4.98 Å². The molecule has 1 unspecified atom stereocenters. The molecule has 0 spiro atoms. The largest absolute Gasteiger partial charge is 0.391 e. The first-order valence-corrected chi connectivity index (χ1v) is 7.40. The molecule has 0 saturated heterocycles. The van der Waals surface area contributed by atoms with Crippen LogP contribution in [-0.4, -0.2) is 22.7 Å². The Bertz CT molecular complexity index is 356. The Morgan fingerprint density at radius 1 is 1.35 bits per heavy atom. The summed E-state index contributed by atoms with van der Waals surface area (Å²) in [6, 6.07) is 1.93. The van der Waals surface area contributed by atoms with Gasteiger partial charge in [0.2, 0.25) is 0 Å². The molecular weight excluding hydrogens is 348 g/mol. The average molecular weight is 366 g/mol. The Morgan fingerprint density at radius 2 is 2.00 bits per heavy atom. The number of aliphatic hydroxyl groups is 1. The molecule has 1 atom stereocenters. The fourth-order valence-corrected chi connectivity index (χ4v) is 2.87. The van der Waals surface area contributed by atoms with E-state index in [0.29, 0.717) is 12.5 Å². The summed E-state index contributed by atoms with van der Waals surface area (Å²) >= 11 is 6.78. The monoisotopic (exact) mass is 364 g/mol. The summed E-state index contributed by atoms with van der Waals surface area (Å²) in [5.74, 6) is 1.11. The van der Waals surface area contributed by atoms with Gasteiger partial charge in [0.25, 0.3) is 0 Å². The highest BCUT2D eigenvalue weighted by atomic mass is 79.9. The molecule has 0 bridgehead atoms. The van der Waals surface area contributed by atoms with Crippen molar-refractivity contribution in [1.29, 1.82) is 0 Å². The van der Waals surface area contributed by atoms with Gasteiger partial charge in [0.15, 0.2) is 0 Å². The highest BCUT2D eigenvalue weighted by Gasteiger charge is 2.15. The van der Waals surface area contributed by atoms with Gasteiger partial charge in [-0.2, -0.15) is 0 Å². The zero-order valence-corrected chi connectivity index (χ0v) is 13.3. The van der Waals surface area contributed by atoms with Crippen LogP contribution in [0.25, 0.3) is 0 Å². The van der Waals surface area contributed by atoms with Crippen LogP contribution in [0.1, 0.15) is 26.7 Å². The molecule has 1 aromatic rings. The third-order valence-corrected chi connectivity index (χ3v) is 3.92. The number of nitrogens with one attached hydrogen (secondary N) is 1. The molecule has 3 nitrogen and oxygen atoms in total. The van der Waals surface area contributed by atoms with Crippen LogP contribution in [0.15, 0.2) is 21.2 Å². The topological polar surface area (TPSA) is 45.1 Å². The van der Waals surface area contributed by atoms with E-state index in [2.05, 4.69) is 56.0 Å². The molecule has 96 valence electrons. The molecule has 2 N–H and O–H groups in total. The maximum atomic E-state index is 10.0. The van der Waals surface area contributed by atoms with E-state index in [1.807, 2.05) is 6.07 Å². The second-order valence-corrected chi connectivity index (χ2v) is 5.78. The number of hydrogen-bond donors (Lipinski definition) is 2. The minimum absolute atomic E-state index is 0.331. The lowest BCUT2D eigenvalue weighted by Crippen LogP contribution is -2.28. The van der Waals surface area contributed by atoms with E-state index < -0.39 is 0 Å². The Morgan fingerprint density at radius 3 is 2.53 bits per heavy atom. The molecule has 5 heteroatoms. The van der Waals surface area contributed by atoms with Crippen molar-refractivity contribution in [2.45, 2.75) is 32.8 Å². The van der Waals surface area contributed by atoms with Gasteiger partial charge in [0, 0.05) is 17.2 Å². The van der Waals surface area contributed by atoms with Crippen molar-refractivity contribution in [2.75, 3.05) is 11.9 Å². The number of halogens is 2. The molecule has 0 aliphatic rings. The summed E-state index contributed by atoms with van der Waals surface area (Å²) in [6.45, 7) is 4.73. The van der Waals surface area contributed by atoms with Crippen LogP contribution in [0, 0.1) is 5.92 Å². The van der Waals surface area contributed by atoms with Gasteiger partial charge in [0.1, 0.15) is 5.82 Å². The lowest BCUT2D eigenvalue weighted by atomic mass is 9.97. The molecular formula is C12H18Br2N2O. The third-order valence-electron chi connectivity index (χ3n) is 2.88. The molecule has 1 aromatic heterocycles. The minimum atomic E-state index is -0.331. The van der Waals surface area contributed by atoms with Gasteiger partial charge < -0.3 is 10.4 Å². The number of hydrogen-bond acceptors (Lipinski definition) is 3. The van der Waals surface area contributed by atoms with Crippen molar-refractivity contribution < 1.29 is 5.11 Å². The van der Waals surface area contributed by atoms with Crippen molar-refractivity contribution in [3.63, 3.8) is 0 Å². The number of pyridine rings is 1. The second-order valence-electron chi connectivity index (χ2n) is 4.01. The summed E-state index contributed by atoms with van der Waals surface area (Å²) in [5, 5.41) is 13.2. The van der Waals surface area contributed by atoms with Crippen LogP contribution in [0.2, 0.25) is 0 Å². The molecule has 0 aliphatic heterocycles. The van der Waals surface area contributed by atoms with Crippen molar-refractivity contribution in [2.24, 2.45) is 5.92 Å². The van der Waals surface area contributed by atoms with E-state index in [1.165, 1.54) is 0 Å². The first-order chi connectivity index (χ1) is 8.08. The fourth-order valence-electron chi connectivity index (χ4n) is 1.75. The molecule has 0 radical (unpaired) electrons. The van der Waals surface area contributed by atoms with Crippen LogP contribution < -0.4 is 5.32 Å². The van der Waals surface area contributed by atoms with E-state index in [1.54, 1.807) is 6.20 Å². The summed E-state index contributed by atoms with van der Waals surface area (Å²) in [5.41, 5.74) is 0. The van der Waals surface area contributed by atoms with Crippen molar-refractivity contribution in [1.82, 2.24) is 4.98 Å². The van der Waals surface area contributed by atoms with Crippen molar-refractivity contribution >= 4 is 37.7 Å². The van der Waals surface area contributed by atoms with Crippen LogP contribution in [0.4, 0.5) is 5.82 Å². The standard InChI is InChI=1S/C12H18Br2N2O/c1-3-8(4-2)11(17)7-16-12-10(14)5-9(13)6-15-12/h5-6,8,11,17H,3-4,7H2,1-2H3,(H,15,16). The summed E-state index contributed by atoms with van der Waals surface area (Å²) in [4.78, 5) is 4.24. The summed E-state index contributed by atoms with van der Waals surface area (Å²) < 4.78 is 1.82. The molecule has 1 rings (SSSR count). The van der Waals surface area contributed by atoms with Crippen LogP contribution >= 0.6 is 31.9 Å². The Balaban J connectivity index is 2.55. The first-order valence-electron chi connectivity index (χ1n) is 5.81. The van der Waals surface area contributed by atoms with E-state index in [9.17, 15) is 5.11 Å². The van der Waals surface area contributed by atoms with Crippen molar-refractivity contribution in [3.05, 3.63) is 21.2 Å². The Labute approximate surface area is 119 Å². The van der Waals surface area contributed by atoms with Crippen molar-refractivity contribution in [3.8, 4) is 0 Å². The van der Waals surface area contributed by atoms with Gasteiger partial charge in [-0.05, 0) is 43.8 Å². The number of anilines is 1. The van der Waals surface area contributed by atoms with Gasteiger partial charge in [-0.1, -0.05) is 26.7 Å². The molecule has 0 saturated carbocycles. The average Bonchev–Trinajstić information content (AvgIpc) is 2.29. The van der Waals surface area contributed by atoms with Gasteiger partial charge >= 0.3 is 0 Å². The van der Waals surface area contributed by atoms with E-state index >= 15 is 0 Å². The lowest BCUT2D eigenvalue weighted by molar-refractivity contribution is 0.114. The zero-order chi connectivity index (χ0) is 12.8. The molecule has 17 heavy (non-hydrogen) atoms. The first kappa shape index (κ1) is 14.9. The maximum absolute atomic E-state index is 10.0. The predicted octanol–water partition coefficient (Wildman–Crippen LogP) is 3.82. The number of rotatable bonds is 6. The smallest absolute Gasteiger partial charge is 0.140 e.